The van der Waals surface area contributed by atoms with Crippen LogP contribution >= 0.6 is 0 Å². The van der Waals surface area contributed by atoms with Gasteiger partial charge in [0.2, 0.25) is 5.91 Å². The second kappa shape index (κ2) is 7.15. The Hall–Kier alpha value is -2.90. The third-order valence-corrected chi connectivity index (χ3v) is 4.02. The predicted octanol–water partition coefficient (Wildman–Crippen LogP) is 1.47. The number of hydrogen-bond acceptors (Lipinski definition) is 4. The highest BCUT2D eigenvalue weighted by molar-refractivity contribution is 6.10. The maximum absolute atomic E-state index is 12.9. The standard InChI is InChI=1S/C18H24N4O4/c1-5-18(12-9-7-6-8-10-12)14(24)22(16(26)21-18)11-13(23)19-15(25)20-17(2,3)4/h6-10H,5,11H2,1-4H3,(H,21,26)(H2,19,20,23,25)/t18-/m1/s1. The molecular weight excluding hydrogens is 336 g/mol. The Bertz CT molecular complexity index is 726. The normalized spacial score (nSPS) is 19.9. The molecule has 1 saturated heterocycles. The zero-order valence-electron chi connectivity index (χ0n) is 15.4. The zero-order valence-corrected chi connectivity index (χ0v) is 15.4. The van der Waals surface area contributed by atoms with Crippen molar-refractivity contribution in [1.82, 2.24) is 20.9 Å². The van der Waals surface area contributed by atoms with E-state index in [-0.39, 0.29) is 0 Å². The summed E-state index contributed by atoms with van der Waals surface area (Å²) in [7, 11) is 0. The first-order valence-electron chi connectivity index (χ1n) is 8.40. The molecule has 0 bridgehead atoms. The van der Waals surface area contributed by atoms with Gasteiger partial charge in [0.1, 0.15) is 12.1 Å². The smallest absolute Gasteiger partial charge is 0.325 e. The van der Waals surface area contributed by atoms with Crippen molar-refractivity contribution in [2.24, 2.45) is 0 Å². The number of rotatable bonds is 4. The van der Waals surface area contributed by atoms with Crippen LogP contribution in [0.25, 0.3) is 0 Å². The van der Waals surface area contributed by atoms with Crippen LogP contribution in [-0.2, 0) is 15.1 Å². The monoisotopic (exact) mass is 360 g/mol. The Morgan fingerprint density at radius 3 is 2.31 bits per heavy atom. The van der Waals surface area contributed by atoms with Crippen molar-refractivity contribution in [3.8, 4) is 0 Å². The average molecular weight is 360 g/mol. The summed E-state index contributed by atoms with van der Waals surface area (Å²) in [6.45, 7) is 6.56. The van der Waals surface area contributed by atoms with Crippen LogP contribution in [0.3, 0.4) is 0 Å². The lowest BCUT2D eigenvalue weighted by Crippen LogP contribution is -2.51. The summed E-state index contributed by atoms with van der Waals surface area (Å²) in [6, 6.07) is 7.53. The maximum atomic E-state index is 12.9. The van der Waals surface area contributed by atoms with Gasteiger partial charge in [-0.1, -0.05) is 37.3 Å². The Morgan fingerprint density at radius 1 is 1.15 bits per heavy atom. The van der Waals surface area contributed by atoms with Gasteiger partial charge in [-0.2, -0.15) is 0 Å². The molecule has 0 aliphatic carbocycles. The molecule has 0 radical (unpaired) electrons. The summed E-state index contributed by atoms with van der Waals surface area (Å²) in [4.78, 5) is 49.8. The minimum atomic E-state index is -1.20. The van der Waals surface area contributed by atoms with E-state index in [2.05, 4.69) is 16.0 Å². The van der Waals surface area contributed by atoms with Gasteiger partial charge in [0.05, 0.1) is 0 Å². The predicted molar refractivity (Wildman–Crippen MR) is 95.1 cm³/mol. The highest BCUT2D eigenvalue weighted by atomic mass is 16.2. The first-order chi connectivity index (χ1) is 12.1. The van der Waals surface area contributed by atoms with Gasteiger partial charge in [0, 0.05) is 5.54 Å². The van der Waals surface area contributed by atoms with Crippen molar-refractivity contribution in [2.75, 3.05) is 6.54 Å². The Balaban J connectivity index is 2.11. The molecule has 8 heteroatoms. The summed E-state index contributed by atoms with van der Waals surface area (Å²) < 4.78 is 0. The van der Waals surface area contributed by atoms with E-state index in [9.17, 15) is 19.2 Å². The van der Waals surface area contributed by atoms with Crippen LogP contribution in [0.4, 0.5) is 9.59 Å². The number of carbonyl (C=O) groups excluding carboxylic acids is 4. The van der Waals surface area contributed by atoms with Gasteiger partial charge in [-0.3, -0.25) is 19.8 Å². The minimum absolute atomic E-state index is 0.338. The van der Waals surface area contributed by atoms with Crippen LogP contribution in [0.5, 0.6) is 0 Å². The fourth-order valence-corrected chi connectivity index (χ4v) is 2.81. The van der Waals surface area contributed by atoms with Crippen molar-refractivity contribution in [1.29, 1.82) is 0 Å². The SMILES string of the molecule is CC[C@]1(c2ccccc2)NC(=O)N(CC(=O)NC(=O)NC(C)(C)C)C1=O. The molecule has 0 unspecified atom stereocenters. The zero-order chi connectivity index (χ0) is 19.5. The number of amides is 6. The third kappa shape index (κ3) is 4.01. The van der Waals surface area contributed by atoms with E-state index in [1.807, 2.05) is 6.07 Å². The largest absolute Gasteiger partial charge is 0.333 e. The van der Waals surface area contributed by atoms with Crippen LogP contribution < -0.4 is 16.0 Å². The van der Waals surface area contributed by atoms with Crippen molar-refractivity contribution in [2.45, 2.75) is 45.2 Å². The average Bonchev–Trinajstić information content (AvgIpc) is 2.79. The van der Waals surface area contributed by atoms with Crippen LogP contribution in [0.1, 0.15) is 39.7 Å². The molecule has 140 valence electrons. The quantitative estimate of drug-likeness (QED) is 0.707. The number of imide groups is 2. The molecule has 1 aliphatic heterocycles. The van der Waals surface area contributed by atoms with Crippen LogP contribution in [0.15, 0.2) is 30.3 Å². The van der Waals surface area contributed by atoms with Crippen molar-refractivity contribution >= 4 is 23.9 Å². The van der Waals surface area contributed by atoms with Gasteiger partial charge < -0.3 is 10.6 Å². The molecule has 1 heterocycles. The fourth-order valence-electron chi connectivity index (χ4n) is 2.81. The van der Waals surface area contributed by atoms with Crippen LogP contribution in [-0.4, -0.2) is 40.9 Å². The van der Waals surface area contributed by atoms with E-state index >= 15 is 0 Å². The van der Waals surface area contributed by atoms with Gasteiger partial charge in [0.15, 0.2) is 0 Å². The number of hydrogen-bond donors (Lipinski definition) is 3. The van der Waals surface area contributed by atoms with Crippen LogP contribution in [0, 0.1) is 0 Å². The maximum Gasteiger partial charge on any atom is 0.325 e. The van der Waals surface area contributed by atoms with E-state index < -0.39 is 41.5 Å². The molecule has 1 atom stereocenters. The van der Waals surface area contributed by atoms with E-state index in [1.165, 1.54) is 0 Å². The third-order valence-electron chi connectivity index (χ3n) is 4.02. The fraction of sp³-hybridized carbons (Fsp3) is 0.444. The molecule has 26 heavy (non-hydrogen) atoms. The van der Waals surface area contributed by atoms with Crippen LogP contribution in [0.2, 0.25) is 0 Å². The lowest BCUT2D eigenvalue weighted by molar-refractivity contribution is -0.135. The first-order valence-corrected chi connectivity index (χ1v) is 8.40. The van der Waals surface area contributed by atoms with Crippen molar-refractivity contribution in [3.05, 3.63) is 35.9 Å². The van der Waals surface area contributed by atoms with Gasteiger partial charge in [0.25, 0.3) is 5.91 Å². The molecular formula is C18H24N4O4. The summed E-state index contributed by atoms with van der Waals surface area (Å²) >= 11 is 0. The van der Waals surface area contributed by atoms with Crippen molar-refractivity contribution < 1.29 is 19.2 Å². The topological polar surface area (TPSA) is 108 Å². The number of urea groups is 2. The summed E-state index contributed by atoms with van der Waals surface area (Å²) in [6.07, 6.45) is 0.338. The Labute approximate surface area is 152 Å². The molecule has 1 fully saturated rings. The summed E-state index contributed by atoms with van der Waals surface area (Å²) in [5.74, 6) is -1.25. The molecule has 6 amide bonds. The number of carbonyl (C=O) groups is 4. The molecule has 3 N–H and O–H groups in total. The molecule has 2 rings (SSSR count). The summed E-state index contributed by atoms with van der Waals surface area (Å²) in [5, 5.41) is 7.39. The lowest BCUT2D eigenvalue weighted by atomic mass is 9.87. The van der Waals surface area contributed by atoms with Crippen molar-refractivity contribution in [3.63, 3.8) is 0 Å². The highest BCUT2D eigenvalue weighted by Gasteiger charge is 2.51. The molecule has 1 aliphatic rings. The second-order valence-corrected chi connectivity index (χ2v) is 7.20. The first kappa shape index (κ1) is 19.4. The molecule has 1 aromatic rings. The van der Waals surface area contributed by atoms with Gasteiger partial charge in [-0.15, -0.1) is 0 Å². The van der Waals surface area contributed by atoms with E-state index in [1.54, 1.807) is 52.0 Å². The van der Waals surface area contributed by atoms with E-state index in [0.29, 0.717) is 12.0 Å². The van der Waals surface area contributed by atoms with E-state index in [4.69, 9.17) is 0 Å². The number of nitrogens with zero attached hydrogens (tertiary/aromatic N) is 1. The van der Waals surface area contributed by atoms with Gasteiger partial charge >= 0.3 is 12.1 Å². The summed E-state index contributed by atoms with van der Waals surface area (Å²) in [5.41, 5.74) is -1.07. The molecule has 8 nitrogen and oxygen atoms in total. The molecule has 0 spiro atoms. The second-order valence-electron chi connectivity index (χ2n) is 7.20. The Kier molecular flexibility index (Phi) is 5.34. The molecule has 1 aromatic carbocycles. The van der Waals surface area contributed by atoms with Gasteiger partial charge in [-0.05, 0) is 32.8 Å². The lowest BCUT2D eigenvalue weighted by Gasteiger charge is -2.25. The number of nitrogens with one attached hydrogen (secondary N) is 3. The molecule has 0 saturated carbocycles. The van der Waals surface area contributed by atoms with Gasteiger partial charge in [-0.25, -0.2) is 9.59 Å². The molecule has 0 aromatic heterocycles. The Morgan fingerprint density at radius 2 is 1.77 bits per heavy atom. The highest BCUT2D eigenvalue weighted by Crippen LogP contribution is 2.32. The number of benzene rings is 1. The minimum Gasteiger partial charge on any atom is -0.333 e. The van der Waals surface area contributed by atoms with E-state index in [0.717, 1.165) is 4.90 Å².